The van der Waals surface area contributed by atoms with Crippen LogP contribution in [-0.4, -0.2) is 65.1 Å². The molecule has 0 aliphatic carbocycles. The second-order valence-corrected chi connectivity index (χ2v) is 9.77. The highest BCUT2D eigenvalue weighted by Gasteiger charge is 2.29. The van der Waals surface area contributed by atoms with E-state index in [4.69, 9.17) is 4.74 Å². The summed E-state index contributed by atoms with van der Waals surface area (Å²) in [6.07, 6.45) is 2.76. The van der Waals surface area contributed by atoms with Crippen LogP contribution in [0.15, 0.2) is 40.2 Å². The second-order valence-electron chi connectivity index (χ2n) is 7.84. The van der Waals surface area contributed by atoms with Crippen molar-refractivity contribution in [3.05, 3.63) is 30.3 Å². The largest absolute Gasteiger partial charge is 0.380 e. The number of nitrogens with zero attached hydrogens (tertiary/aromatic N) is 2. The van der Waals surface area contributed by atoms with Gasteiger partial charge in [0, 0.05) is 39.8 Å². The zero-order chi connectivity index (χ0) is 21.1. The number of aliphatic imine (C=N–C) groups is 1. The highest BCUT2D eigenvalue weighted by atomic mass is 32.2. The highest BCUT2D eigenvalue weighted by Crippen LogP contribution is 2.23. The lowest BCUT2D eigenvalue weighted by molar-refractivity contribution is 0.128. The summed E-state index contributed by atoms with van der Waals surface area (Å²) in [6, 6.07) is 8.67. The van der Waals surface area contributed by atoms with Crippen LogP contribution in [0, 0.1) is 11.8 Å². The van der Waals surface area contributed by atoms with Crippen molar-refractivity contribution in [1.29, 1.82) is 0 Å². The van der Waals surface area contributed by atoms with E-state index in [1.165, 1.54) is 0 Å². The van der Waals surface area contributed by atoms with Crippen LogP contribution in [0.4, 0.5) is 0 Å². The Labute approximate surface area is 176 Å². The highest BCUT2D eigenvalue weighted by molar-refractivity contribution is 7.89. The van der Waals surface area contributed by atoms with Crippen molar-refractivity contribution in [2.45, 2.75) is 38.0 Å². The van der Waals surface area contributed by atoms with Gasteiger partial charge in [0.1, 0.15) is 0 Å². The Hall–Kier alpha value is -1.64. The molecule has 0 unspecified atom stereocenters. The van der Waals surface area contributed by atoms with Gasteiger partial charge in [-0.15, -0.1) is 0 Å². The van der Waals surface area contributed by atoms with Crippen LogP contribution in [0.5, 0.6) is 0 Å². The number of nitrogens with one attached hydrogen (secondary N) is 2. The van der Waals surface area contributed by atoms with Crippen LogP contribution >= 0.6 is 0 Å². The molecule has 0 atom stereocenters. The van der Waals surface area contributed by atoms with Gasteiger partial charge in [-0.05, 0) is 43.2 Å². The third-order valence-corrected chi connectivity index (χ3v) is 7.03. The van der Waals surface area contributed by atoms with E-state index in [1.54, 1.807) is 35.6 Å². The number of guanidine groups is 1. The molecule has 1 aliphatic rings. The van der Waals surface area contributed by atoms with Crippen molar-refractivity contribution in [1.82, 2.24) is 14.9 Å². The van der Waals surface area contributed by atoms with E-state index < -0.39 is 10.0 Å². The molecule has 1 saturated heterocycles. The molecule has 0 aromatic heterocycles. The lowest BCUT2D eigenvalue weighted by Crippen LogP contribution is -2.44. The van der Waals surface area contributed by atoms with E-state index in [9.17, 15) is 8.42 Å². The lowest BCUT2D eigenvalue weighted by atomic mass is 9.98. The first-order chi connectivity index (χ1) is 13.9. The van der Waals surface area contributed by atoms with Gasteiger partial charge in [0.05, 0.1) is 11.5 Å². The Balaban J connectivity index is 1.67. The Morgan fingerprint density at radius 2 is 1.86 bits per heavy atom. The predicted octanol–water partition coefficient (Wildman–Crippen LogP) is 2.32. The van der Waals surface area contributed by atoms with Crippen molar-refractivity contribution < 1.29 is 13.2 Å². The van der Waals surface area contributed by atoms with E-state index in [2.05, 4.69) is 29.5 Å². The van der Waals surface area contributed by atoms with Crippen LogP contribution in [-0.2, 0) is 14.8 Å². The Kier molecular flexibility index (Phi) is 9.90. The molecule has 1 aromatic rings. The summed E-state index contributed by atoms with van der Waals surface area (Å²) in [5.41, 5.74) is 0. The molecule has 29 heavy (non-hydrogen) atoms. The second kappa shape index (κ2) is 12.1. The van der Waals surface area contributed by atoms with Gasteiger partial charge in [0.15, 0.2) is 5.96 Å². The SMILES string of the molecule is CN=C(NCCOCCC(C)C)NCC1CCN(S(=O)(=O)c2ccccc2)CC1. The number of sulfonamides is 1. The fourth-order valence-corrected chi connectivity index (χ4v) is 4.71. The lowest BCUT2D eigenvalue weighted by Gasteiger charge is -2.31. The van der Waals surface area contributed by atoms with Crippen molar-refractivity contribution in [2.24, 2.45) is 16.8 Å². The van der Waals surface area contributed by atoms with E-state index >= 15 is 0 Å². The Morgan fingerprint density at radius 3 is 2.48 bits per heavy atom. The number of hydrogen-bond donors (Lipinski definition) is 2. The molecule has 1 aliphatic heterocycles. The van der Waals surface area contributed by atoms with Crippen molar-refractivity contribution in [3.63, 3.8) is 0 Å². The molecule has 7 nitrogen and oxygen atoms in total. The van der Waals surface area contributed by atoms with Gasteiger partial charge in [-0.25, -0.2) is 8.42 Å². The van der Waals surface area contributed by atoms with Gasteiger partial charge in [-0.3, -0.25) is 4.99 Å². The van der Waals surface area contributed by atoms with Crippen LogP contribution < -0.4 is 10.6 Å². The maximum atomic E-state index is 12.7. The minimum atomic E-state index is -3.38. The smallest absolute Gasteiger partial charge is 0.243 e. The van der Waals surface area contributed by atoms with Crippen LogP contribution in [0.3, 0.4) is 0 Å². The van der Waals surface area contributed by atoms with E-state index in [0.29, 0.717) is 43.0 Å². The minimum absolute atomic E-state index is 0.372. The van der Waals surface area contributed by atoms with E-state index in [1.807, 2.05) is 6.07 Å². The van der Waals surface area contributed by atoms with Crippen LogP contribution in [0.1, 0.15) is 33.1 Å². The molecule has 8 heteroatoms. The number of piperidine rings is 1. The third-order valence-electron chi connectivity index (χ3n) is 5.11. The molecule has 2 rings (SSSR count). The summed E-state index contributed by atoms with van der Waals surface area (Å²) in [7, 11) is -1.63. The van der Waals surface area contributed by atoms with Gasteiger partial charge < -0.3 is 15.4 Å². The predicted molar refractivity (Wildman–Crippen MR) is 118 cm³/mol. The third kappa shape index (κ3) is 7.95. The van der Waals surface area contributed by atoms with Crippen molar-refractivity contribution in [3.8, 4) is 0 Å². The van der Waals surface area contributed by atoms with Crippen molar-refractivity contribution in [2.75, 3.05) is 46.4 Å². The topological polar surface area (TPSA) is 83.0 Å². The maximum Gasteiger partial charge on any atom is 0.243 e. The van der Waals surface area contributed by atoms with E-state index in [0.717, 1.165) is 38.4 Å². The molecule has 1 aromatic carbocycles. The Morgan fingerprint density at radius 1 is 1.17 bits per heavy atom. The summed E-state index contributed by atoms with van der Waals surface area (Å²) in [4.78, 5) is 4.62. The molecule has 0 spiro atoms. The fraction of sp³-hybridized carbons (Fsp3) is 0.667. The quantitative estimate of drug-likeness (QED) is 0.342. The molecule has 0 bridgehead atoms. The fourth-order valence-electron chi connectivity index (χ4n) is 3.22. The summed E-state index contributed by atoms with van der Waals surface area (Å²) >= 11 is 0. The van der Waals surface area contributed by atoms with Crippen molar-refractivity contribution >= 4 is 16.0 Å². The molecule has 0 radical (unpaired) electrons. The Bertz CT molecular complexity index is 715. The number of benzene rings is 1. The summed E-state index contributed by atoms with van der Waals surface area (Å²) in [5, 5.41) is 6.61. The summed E-state index contributed by atoms with van der Waals surface area (Å²) in [6.45, 7) is 8.43. The first kappa shape index (κ1) is 23.6. The monoisotopic (exact) mass is 424 g/mol. The van der Waals surface area contributed by atoms with Gasteiger partial charge in [0.25, 0.3) is 0 Å². The molecule has 0 amide bonds. The normalized spacial score (nSPS) is 16.9. The average Bonchev–Trinajstić information content (AvgIpc) is 2.73. The zero-order valence-electron chi connectivity index (χ0n) is 17.9. The van der Waals surface area contributed by atoms with E-state index in [-0.39, 0.29) is 0 Å². The summed E-state index contributed by atoms with van der Waals surface area (Å²) in [5.74, 6) is 1.85. The minimum Gasteiger partial charge on any atom is -0.380 e. The number of hydrogen-bond acceptors (Lipinski definition) is 4. The molecule has 2 N–H and O–H groups in total. The van der Waals surface area contributed by atoms with Crippen LogP contribution in [0.2, 0.25) is 0 Å². The summed E-state index contributed by atoms with van der Waals surface area (Å²) < 4.78 is 32.6. The molecule has 1 heterocycles. The maximum absolute atomic E-state index is 12.7. The van der Waals surface area contributed by atoms with Gasteiger partial charge in [-0.2, -0.15) is 4.31 Å². The van der Waals surface area contributed by atoms with Gasteiger partial charge >= 0.3 is 0 Å². The van der Waals surface area contributed by atoms with Crippen LogP contribution in [0.25, 0.3) is 0 Å². The standard InChI is InChI=1S/C21H36N4O3S/c1-18(2)11-15-28-16-12-23-21(22-3)24-17-19-9-13-25(14-10-19)29(26,27)20-7-5-4-6-8-20/h4-8,18-19H,9-17H2,1-3H3,(H2,22,23,24). The van der Waals surface area contributed by atoms with Gasteiger partial charge in [-0.1, -0.05) is 32.0 Å². The molecule has 0 saturated carbocycles. The molecule has 1 fully saturated rings. The molecular formula is C21H36N4O3S. The first-order valence-electron chi connectivity index (χ1n) is 10.5. The molecule has 164 valence electrons. The molecular weight excluding hydrogens is 388 g/mol. The first-order valence-corrected chi connectivity index (χ1v) is 11.9. The zero-order valence-corrected chi connectivity index (χ0v) is 18.7. The average molecular weight is 425 g/mol. The van der Waals surface area contributed by atoms with Gasteiger partial charge in [0.2, 0.25) is 10.0 Å². The number of ether oxygens (including phenoxy) is 1. The number of rotatable bonds is 10.